The lowest BCUT2D eigenvalue weighted by Crippen LogP contribution is -2.27. The zero-order valence-electron chi connectivity index (χ0n) is 21.6. The highest BCUT2D eigenvalue weighted by Crippen LogP contribution is 2.41. The molecule has 2 unspecified atom stereocenters. The molecular formula is C26H33ClN7O3P. The fourth-order valence-electron chi connectivity index (χ4n) is 4.25. The van der Waals surface area contributed by atoms with Gasteiger partial charge in [-0.3, -0.25) is 0 Å². The number of aliphatic hydroxyl groups excluding tert-OH is 1. The van der Waals surface area contributed by atoms with Gasteiger partial charge in [0.25, 0.3) is 0 Å². The number of aliphatic hydroxyl groups is 1. The number of nitrogens with one attached hydrogen (secondary N) is 3. The summed E-state index contributed by atoms with van der Waals surface area (Å²) in [5, 5.41) is 20.7. The number of aromatic nitrogens is 2. The predicted octanol–water partition coefficient (Wildman–Crippen LogP) is 4.33. The molecule has 12 heteroatoms. The molecule has 6 N–H and O–H groups in total. The Morgan fingerprint density at radius 2 is 2.03 bits per heavy atom. The van der Waals surface area contributed by atoms with Crippen molar-refractivity contribution in [2.45, 2.75) is 18.7 Å². The average molecular weight is 558 g/mol. The molecule has 0 spiro atoms. The quantitative estimate of drug-likeness (QED) is 0.139. The van der Waals surface area contributed by atoms with Crippen molar-refractivity contribution < 1.29 is 14.4 Å². The molecule has 0 saturated carbocycles. The number of benzene rings is 2. The topological polar surface area (TPSA) is 138 Å². The van der Waals surface area contributed by atoms with Crippen molar-refractivity contribution in [2.75, 3.05) is 54.4 Å². The van der Waals surface area contributed by atoms with Crippen LogP contribution in [-0.4, -0.2) is 60.9 Å². The van der Waals surface area contributed by atoms with Crippen LogP contribution in [0.2, 0.25) is 5.02 Å². The van der Waals surface area contributed by atoms with Gasteiger partial charge < -0.3 is 41.0 Å². The summed E-state index contributed by atoms with van der Waals surface area (Å²) in [5.74, 6) is 1.16. The van der Waals surface area contributed by atoms with Crippen molar-refractivity contribution in [1.82, 2.24) is 9.97 Å². The highest BCUT2D eigenvalue weighted by atomic mass is 35.5. The Kier molecular flexibility index (Phi) is 8.47. The van der Waals surface area contributed by atoms with Crippen molar-refractivity contribution in [1.29, 1.82) is 0 Å². The van der Waals surface area contributed by atoms with Gasteiger partial charge in [-0.2, -0.15) is 4.98 Å². The summed E-state index contributed by atoms with van der Waals surface area (Å²) in [6.07, 6.45) is 2.80. The summed E-state index contributed by atoms with van der Waals surface area (Å²) >= 11 is 6.41. The maximum Gasteiger partial charge on any atom is 0.229 e. The number of hydrogen-bond acceptors (Lipinski definition) is 10. The lowest BCUT2D eigenvalue weighted by atomic mass is 10.2. The second kappa shape index (κ2) is 11.6. The van der Waals surface area contributed by atoms with Crippen LogP contribution in [0.1, 0.15) is 6.42 Å². The SMILES string of the molecule is C=CC(O)Nc1cc(Nc2ncc(Cl)c(Nc3ccccc3P(C)(C)=O)n2)c(OC)cc1N1CCC(N)C1. The minimum atomic E-state index is -2.55. The maximum absolute atomic E-state index is 12.8. The van der Waals surface area contributed by atoms with Gasteiger partial charge in [0.15, 0.2) is 5.82 Å². The molecule has 2 atom stereocenters. The highest BCUT2D eigenvalue weighted by Gasteiger charge is 2.24. The van der Waals surface area contributed by atoms with E-state index in [1.54, 1.807) is 20.4 Å². The molecule has 1 aliphatic rings. The third-order valence-electron chi connectivity index (χ3n) is 6.14. The molecule has 0 radical (unpaired) electrons. The second-order valence-corrected chi connectivity index (χ2v) is 13.0. The van der Waals surface area contributed by atoms with Gasteiger partial charge in [0.05, 0.1) is 36.1 Å². The second-order valence-electron chi connectivity index (χ2n) is 9.40. The summed E-state index contributed by atoms with van der Waals surface area (Å²) in [5.41, 5.74) is 8.87. The van der Waals surface area contributed by atoms with E-state index in [4.69, 9.17) is 22.1 Å². The van der Waals surface area contributed by atoms with Crippen molar-refractivity contribution in [3.05, 3.63) is 60.3 Å². The Bertz CT molecular complexity index is 1370. The number of anilines is 6. The number of hydrogen-bond donors (Lipinski definition) is 5. The third-order valence-corrected chi connectivity index (χ3v) is 7.96. The van der Waals surface area contributed by atoms with Gasteiger partial charge in [-0.15, -0.1) is 0 Å². The molecule has 0 aliphatic carbocycles. The first-order valence-electron chi connectivity index (χ1n) is 12.1. The molecule has 0 bridgehead atoms. The minimum Gasteiger partial charge on any atom is -0.494 e. The number of methoxy groups -OCH3 is 1. The first-order valence-corrected chi connectivity index (χ1v) is 15.1. The first-order chi connectivity index (χ1) is 18.1. The number of para-hydroxylation sites is 1. The van der Waals surface area contributed by atoms with E-state index in [-0.39, 0.29) is 12.0 Å². The molecule has 2 aromatic carbocycles. The van der Waals surface area contributed by atoms with E-state index in [0.29, 0.717) is 45.5 Å². The van der Waals surface area contributed by atoms with E-state index in [0.717, 1.165) is 18.7 Å². The molecule has 1 aromatic heterocycles. The third kappa shape index (κ3) is 6.39. The number of nitrogens with two attached hydrogens (primary N) is 1. The molecule has 1 fully saturated rings. The number of nitrogens with zero attached hydrogens (tertiary/aromatic N) is 3. The largest absolute Gasteiger partial charge is 0.494 e. The minimum absolute atomic E-state index is 0.0730. The van der Waals surface area contributed by atoms with Gasteiger partial charge in [-0.05, 0) is 44.0 Å². The molecule has 1 saturated heterocycles. The summed E-state index contributed by atoms with van der Waals surface area (Å²) in [6.45, 7) is 8.55. The van der Waals surface area contributed by atoms with E-state index in [9.17, 15) is 9.67 Å². The van der Waals surface area contributed by atoms with Crippen LogP contribution in [0.25, 0.3) is 0 Å². The normalized spacial score (nSPS) is 16.2. The molecule has 202 valence electrons. The molecule has 1 aliphatic heterocycles. The molecule has 2 heterocycles. The summed E-state index contributed by atoms with van der Waals surface area (Å²) in [7, 11) is -0.975. The van der Waals surface area contributed by atoms with Gasteiger partial charge in [-0.1, -0.05) is 30.3 Å². The van der Waals surface area contributed by atoms with Crippen molar-refractivity contribution in [3.63, 3.8) is 0 Å². The molecule has 0 amide bonds. The fourth-order valence-corrected chi connectivity index (χ4v) is 5.54. The van der Waals surface area contributed by atoms with Gasteiger partial charge >= 0.3 is 0 Å². The maximum atomic E-state index is 12.8. The van der Waals surface area contributed by atoms with E-state index in [1.807, 2.05) is 36.4 Å². The van der Waals surface area contributed by atoms with Crippen molar-refractivity contribution >= 4 is 58.6 Å². The van der Waals surface area contributed by atoms with Gasteiger partial charge in [0, 0.05) is 30.5 Å². The standard InChI is InChI=1S/C26H33ClN7O3P/c1-5-24(35)30-19-12-20(22(37-2)13-21(19)34-11-10-16(28)15-34)32-26-29-14-17(27)25(33-26)31-18-8-6-7-9-23(18)38(3,4)36/h5-9,12-14,16,24,30,35H,1,10-11,15,28H2,2-4H3,(H2,29,31,32,33). The van der Waals surface area contributed by atoms with Crippen molar-refractivity contribution in [2.24, 2.45) is 5.73 Å². The van der Waals surface area contributed by atoms with Crippen LogP contribution in [-0.2, 0) is 4.57 Å². The Balaban J connectivity index is 1.68. The lowest BCUT2D eigenvalue weighted by molar-refractivity contribution is 0.253. The summed E-state index contributed by atoms with van der Waals surface area (Å²) < 4.78 is 18.5. The predicted molar refractivity (Wildman–Crippen MR) is 157 cm³/mol. The summed E-state index contributed by atoms with van der Waals surface area (Å²) in [6, 6.07) is 11.1. The van der Waals surface area contributed by atoms with Crippen LogP contribution in [0.5, 0.6) is 5.75 Å². The Morgan fingerprint density at radius 3 is 2.68 bits per heavy atom. The van der Waals surface area contributed by atoms with Crippen LogP contribution in [0, 0.1) is 0 Å². The lowest BCUT2D eigenvalue weighted by Gasteiger charge is -2.25. The fraction of sp³-hybridized carbons (Fsp3) is 0.308. The zero-order valence-corrected chi connectivity index (χ0v) is 23.3. The van der Waals surface area contributed by atoms with Crippen LogP contribution in [0.3, 0.4) is 0 Å². The monoisotopic (exact) mass is 557 g/mol. The van der Waals surface area contributed by atoms with Crippen LogP contribution in [0.4, 0.5) is 34.5 Å². The van der Waals surface area contributed by atoms with Crippen LogP contribution >= 0.6 is 18.7 Å². The van der Waals surface area contributed by atoms with Crippen LogP contribution < -0.4 is 36.6 Å². The van der Waals surface area contributed by atoms with Gasteiger partial charge in [-0.25, -0.2) is 4.98 Å². The van der Waals surface area contributed by atoms with Gasteiger partial charge in [0.1, 0.15) is 24.1 Å². The Morgan fingerprint density at radius 1 is 1.26 bits per heavy atom. The highest BCUT2D eigenvalue weighted by molar-refractivity contribution is 7.70. The zero-order chi connectivity index (χ0) is 27.4. The number of ether oxygens (including phenoxy) is 1. The van der Waals surface area contributed by atoms with E-state index >= 15 is 0 Å². The summed E-state index contributed by atoms with van der Waals surface area (Å²) in [4.78, 5) is 11.0. The molecule has 4 rings (SSSR count). The molecule has 10 nitrogen and oxygen atoms in total. The smallest absolute Gasteiger partial charge is 0.229 e. The Hall–Kier alpha value is -3.30. The van der Waals surface area contributed by atoms with Crippen molar-refractivity contribution in [3.8, 4) is 5.75 Å². The number of halogens is 1. The molecule has 3 aromatic rings. The van der Waals surface area contributed by atoms with E-state index in [1.165, 1.54) is 12.3 Å². The number of rotatable bonds is 10. The Labute approximate surface area is 227 Å². The molecular weight excluding hydrogens is 525 g/mol. The van der Waals surface area contributed by atoms with E-state index in [2.05, 4.69) is 37.4 Å². The van der Waals surface area contributed by atoms with E-state index < -0.39 is 13.4 Å². The average Bonchev–Trinajstić information content (AvgIpc) is 3.31. The first kappa shape index (κ1) is 27.7. The molecule has 38 heavy (non-hydrogen) atoms. The van der Waals surface area contributed by atoms with Crippen LogP contribution in [0.15, 0.2) is 55.3 Å². The van der Waals surface area contributed by atoms with Gasteiger partial charge in [0.2, 0.25) is 5.95 Å².